The smallest absolute Gasteiger partial charge is 0.198 e. The van der Waals surface area contributed by atoms with Crippen molar-refractivity contribution in [2.75, 3.05) is 10.2 Å². The summed E-state index contributed by atoms with van der Waals surface area (Å²) in [6.07, 6.45) is 0. The van der Waals surface area contributed by atoms with Gasteiger partial charge in [0, 0.05) is 60.4 Å². The highest BCUT2D eigenvalue weighted by atomic mass is 32.1. The number of furan rings is 1. The number of benzene rings is 9. The van der Waals surface area contributed by atoms with Crippen LogP contribution in [-0.4, -0.2) is 7.28 Å². The second-order valence-electron chi connectivity index (χ2n) is 16.9. The van der Waals surface area contributed by atoms with Gasteiger partial charge in [-0.05, 0) is 80.5 Å². The first kappa shape index (κ1) is 33.9. The average Bonchev–Trinajstić information content (AvgIpc) is 3.86. The van der Waals surface area contributed by atoms with E-state index in [9.17, 15) is 0 Å². The molecule has 0 unspecified atom stereocenters. The molecule has 0 spiro atoms. The third-order valence-electron chi connectivity index (χ3n) is 13.2. The van der Waals surface area contributed by atoms with Crippen LogP contribution in [0.15, 0.2) is 180 Å². The molecule has 0 radical (unpaired) electrons. The Morgan fingerprint density at radius 1 is 0.567 bits per heavy atom. The summed E-state index contributed by atoms with van der Waals surface area (Å²) in [7, 11) is 0.796. The van der Waals surface area contributed by atoms with Crippen LogP contribution in [0, 0.1) is 0 Å². The summed E-state index contributed by atoms with van der Waals surface area (Å²) in [5, 5.41) is 11.4. The van der Waals surface area contributed by atoms with Gasteiger partial charge in [0.05, 0.1) is 16.1 Å². The molecule has 1 N–H and O–H groups in total. The van der Waals surface area contributed by atoms with Gasteiger partial charge in [0.2, 0.25) is 0 Å². The zero-order chi connectivity index (χ0) is 39.7. The van der Waals surface area contributed by atoms with E-state index in [2.05, 4.69) is 200 Å². The Hall–Kier alpha value is -7.08. The molecule has 13 rings (SSSR count). The fourth-order valence-corrected chi connectivity index (χ4v) is 11.6. The number of hydrogen-bond donors (Lipinski definition) is 1. The molecule has 2 aliphatic heterocycles. The van der Waals surface area contributed by atoms with E-state index in [1.54, 1.807) is 0 Å². The van der Waals surface area contributed by atoms with Crippen LogP contribution in [0.25, 0.3) is 75.1 Å². The highest BCUT2D eigenvalue weighted by Crippen LogP contribution is 2.54. The Bertz CT molecular complexity index is 3600. The molecule has 9 aromatic carbocycles. The summed E-state index contributed by atoms with van der Waals surface area (Å²) in [4.78, 5) is 2.57. The van der Waals surface area contributed by atoms with Crippen LogP contribution in [0.4, 0.5) is 28.4 Å². The fourth-order valence-electron chi connectivity index (χ4n) is 10.4. The van der Waals surface area contributed by atoms with Crippen LogP contribution in [0.2, 0.25) is 0 Å². The SMILES string of the molecule is CC1(C)c2cc3ccccc3cc2N2c3cc4oc5ccccc5c4c(-c4ccc(-c5ccccc5)cc4Nc4cccc5c4sc4ccccc45)c3Bc3cccc1c32. The van der Waals surface area contributed by atoms with E-state index in [0.29, 0.717) is 0 Å². The normalized spacial score (nSPS) is 13.7. The van der Waals surface area contributed by atoms with Crippen LogP contribution in [0.3, 0.4) is 0 Å². The summed E-state index contributed by atoms with van der Waals surface area (Å²) < 4.78 is 9.45. The maximum atomic E-state index is 6.91. The molecule has 2 aliphatic rings. The number of anilines is 5. The lowest BCUT2D eigenvalue weighted by Gasteiger charge is -2.46. The molecule has 3 nitrogen and oxygen atoms in total. The van der Waals surface area contributed by atoms with Crippen molar-refractivity contribution in [1.82, 2.24) is 0 Å². The van der Waals surface area contributed by atoms with E-state index in [1.165, 1.54) is 81.2 Å². The lowest BCUT2D eigenvalue weighted by Crippen LogP contribution is -2.45. The second kappa shape index (κ2) is 12.5. The summed E-state index contributed by atoms with van der Waals surface area (Å²) in [6.45, 7) is 4.78. The second-order valence-corrected chi connectivity index (χ2v) is 18.0. The van der Waals surface area contributed by atoms with Crippen molar-refractivity contribution >= 4 is 111 Å². The van der Waals surface area contributed by atoms with Crippen LogP contribution >= 0.6 is 11.3 Å². The molecule has 0 atom stereocenters. The molecule has 0 saturated carbocycles. The first-order chi connectivity index (χ1) is 29.5. The van der Waals surface area contributed by atoms with Crippen LogP contribution in [0.1, 0.15) is 25.0 Å². The maximum Gasteiger partial charge on any atom is 0.198 e. The van der Waals surface area contributed by atoms with Gasteiger partial charge < -0.3 is 14.6 Å². The van der Waals surface area contributed by atoms with Crippen molar-refractivity contribution in [3.8, 4) is 22.3 Å². The zero-order valence-electron chi connectivity index (χ0n) is 33.2. The number of para-hydroxylation sites is 2. The van der Waals surface area contributed by atoms with Crippen LogP contribution in [-0.2, 0) is 5.41 Å². The predicted octanol–water partition coefficient (Wildman–Crippen LogP) is 14.0. The third kappa shape index (κ3) is 4.78. The third-order valence-corrected chi connectivity index (χ3v) is 14.4. The quantitative estimate of drug-likeness (QED) is 0.180. The molecular weight excluding hydrogens is 747 g/mol. The highest BCUT2D eigenvalue weighted by Gasteiger charge is 2.42. The van der Waals surface area contributed by atoms with Crippen molar-refractivity contribution < 1.29 is 4.42 Å². The molecule has 282 valence electrons. The van der Waals surface area contributed by atoms with Gasteiger partial charge >= 0.3 is 0 Å². The minimum atomic E-state index is -0.191. The number of nitrogens with one attached hydrogen (secondary N) is 1. The van der Waals surface area contributed by atoms with Gasteiger partial charge in [-0.1, -0.05) is 153 Å². The van der Waals surface area contributed by atoms with Gasteiger partial charge in [0.15, 0.2) is 7.28 Å². The Balaban J connectivity index is 1.13. The lowest BCUT2D eigenvalue weighted by atomic mass is 9.55. The van der Waals surface area contributed by atoms with E-state index in [1.807, 2.05) is 11.3 Å². The van der Waals surface area contributed by atoms with Crippen LogP contribution in [0.5, 0.6) is 0 Å². The van der Waals surface area contributed by atoms with Crippen molar-refractivity contribution in [1.29, 1.82) is 0 Å². The first-order valence-electron chi connectivity index (χ1n) is 20.8. The summed E-state index contributed by atoms with van der Waals surface area (Å²) >= 11 is 1.85. The molecule has 2 aromatic heterocycles. The van der Waals surface area contributed by atoms with Crippen LogP contribution < -0.4 is 21.1 Å². The largest absolute Gasteiger partial charge is 0.456 e. The predicted molar refractivity (Wildman–Crippen MR) is 258 cm³/mol. The summed E-state index contributed by atoms with van der Waals surface area (Å²) in [6, 6.07) is 64.6. The topological polar surface area (TPSA) is 28.4 Å². The van der Waals surface area contributed by atoms with Crippen molar-refractivity contribution in [3.63, 3.8) is 0 Å². The van der Waals surface area contributed by atoms with Gasteiger partial charge in [0.1, 0.15) is 11.2 Å². The molecule has 0 saturated heterocycles. The lowest BCUT2D eigenvalue weighted by molar-refractivity contribution is 0.633. The molecule has 4 heterocycles. The van der Waals surface area contributed by atoms with Gasteiger partial charge in [-0.3, -0.25) is 0 Å². The number of hydrogen-bond acceptors (Lipinski definition) is 4. The van der Waals surface area contributed by atoms with Crippen molar-refractivity contribution in [2.24, 2.45) is 0 Å². The monoisotopic (exact) mass is 784 g/mol. The van der Waals surface area contributed by atoms with E-state index in [4.69, 9.17) is 4.42 Å². The summed E-state index contributed by atoms with van der Waals surface area (Å²) in [5.41, 5.74) is 17.5. The number of thiophene rings is 1. The molecule has 11 aromatic rings. The van der Waals surface area contributed by atoms with E-state index < -0.39 is 0 Å². The Morgan fingerprint density at radius 2 is 1.32 bits per heavy atom. The fraction of sp³-hybridized carbons (Fsp3) is 0.0545. The first-order valence-corrected chi connectivity index (χ1v) is 21.6. The zero-order valence-corrected chi connectivity index (χ0v) is 34.0. The number of nitrogens with zero attached hydrogens (tertiary/aromatic N) is 1. The Morgan fingerprint density at radius 3 is 2.20 bits per heavy atom. The van der Waals surface area contributed by atoms with Crippen molar-refractivity contribution in [3.05, 3.63) is 187 Å². The van der Waals surface area contributed by atoms with Gasteiger partial charge in [-0.25, -0.2) is 0 Å². The van der Waals surface area contributed by atoms with E-state index in [-0.39, 0.29) is 5.41 Å². The van der Waals surface area contributed by atoms with Gasteiger partial charge in [-0.2, -0.15) is 0 Å². The number of fused-ring (bicyclic) bond motifs is 11. The average molecular weight is 785 g/mol. The highest BCUT2D eigenvalue weighted by molar-refractivity contribution is 7.26. The Kier molecular flexibility index (Phi) is 7.03. The van der Waals surface area contributed by atoms with Gasteiger partial charge in [-0.15, -0.1) is 11.3 Å². The molecule has 0 bridgehead atoms. The molecule has 0 aliphatic carbocycles. The van der Waals surface area contributed by atoms with Crippen molar-refractivity contribution in [2.45, 2.75) is 19.3 Å². The van der Waals surface area contributed by atoms with E-state index >= 15 is 0 Å². The molecule has 0 fully saturated rings. The van der Waals surface area contributed by atoms with Gasteiger partial charge in [0.25, 0.3) is 0 Å². The molecular formula is C55H37BN2OS. The molecule has 5 heteroatoms. The summed E-state index contributed by atoms with van der Waals surface area (Å²) in [5.74, 6) is 0. The standard InChI is InChI=1S/C55H37BN2OS/c1-55(2)40-21-13-22-42-53(40)58(45-30-34-17-7-6-16-33(34)28-41(45)55)46-31-48-50(39-19-8-10-24-47(39)59-48)51(52(46)56-42)38-27-26-35(32-14-4-3-5-15-32)29-44(38)57-43-23-12-20-37-36-18-9-11-25-49(36)60-54(37)43/h3-31,56-57H,1-2H3. The maximum absolute atomic E-state index is 6.91. The molecule has 0 amide bonds. The minimum absolute atomic E-state index is 0.191. The van der Waals surface area contributed by atoms with E-state index in [0.717, 1.165) is 51.7 Å². The minimum Gasteiger partial charge on any atom is -0.456 e. The number of rotatable bonds is 4. The molecule has 60 heavy (non-hydrogen) atoms. The Labute approximate surface area is 352 Å².